The fourth-order valence-electron chi connectivity index (χ4n) is 2.48. The van der Waals surface area contributed by atoms with E-state index in [2.05, 4.69) is 10.4 Å². The first-order valence-corrected chi connectivity index (χ1v) is 7.15. The third-order valence-electron chi connectivity index (χ3n) is 3.46. The molecule has 0 saturated heterocycles. The lowest BCUT2D eigenvalue weighted by Gasteiger charge is -2.17. The quantitative estimate of drug-likeness (QED) is 0.939. The normalized spacial score (nSPS) is 13.0. The van der Waals surface area contributed by atoms with Crippen LogP contribution in [0.25, 0.3) is 0 Å². The number of hydrogen-bond donors (Lipinski definition) is 1. The van der Waals surface area contributed by atoms with Crippen molar-refractivity contribution in [3.63, 3.8) is 0 Å². The zero-order valence-electron chi connectivity index (χ0n) is 13.1. The smallest absolute Gasteiger partial charge is 0.348 e. The number of nitrogens with one attached hydrogen (secondary N) is 1. The molecule has 23 heavy (non-hydrogen) atoms. The fraction of sp³-hybridized carbons (Fsp3) is 0.375. The Morgan fingerprint density at radius 2 is 2.00 bits per heavy atom. The lowest BCUT2D eigenvalue weighted by atomic mass is 10.0. The van der Waals surface area contributed by atoms with Gasteiger partial charge in [-0.05, 0) is 38.0 Å². The molecule has 0 aliphatic carbocycles. The van der Waals surface area contributed by atoms with Crippen LogP contribution in [-0.4, -0.2) is 21.7 Å². The van der Waals surface area contributed by atoms with Crippen LogP contribution in [0, 0.1) is 6.92 Å². The molecule has 0 radical (unpaired) electrons. The highest BCUT2D eigenvalue weighted by Crippen LogP contribution is 2.32. The van der Waals surface area contributed by atoms with Crippen molar-refractivity contribution in [1.82, 2.24) is 15.1 Å². The molecule has 0 fully saturated rings. The number of hydrogen-bond acceptors (Lipinski definition) is 2. The molecule has 0 aliphatic heterocycles. The van der Waals surface area contributed by atoms with E-state index in [1.54, 1.807) is 33.0 Å². The number of aryl methyl sites for hydroxylation is 2. The van der Waals surface area contributed by atoms with Gasteiger partial charge in [0.25, 0.3) is 5.91 Å². The highest BCUT2D eigenvalue weighted by Gasteiger charge is 2.33. The van der Waals surface area contributed by atoms with Crippen LogP contribution in [0.3, 0.4) is 0 Å². The van der Waals surface area contributed by atoms with Crippen molar-refractivity contribution < 1.29 is 18.0 Å². The molecule has 4 nitrogen and oxygen atoms in total. The van der Waals surface area contributed by atoms with E-state index >= 15 is 0 Å². The molecule has 0 unspecified atom stereocenters. The van der Waals surface area contributed by atoms with E-state index in [0.29, 0.717) is 11.4 Å². The number of aromatic nitrogens is 2. The van der Waals surface area contributed by atoms with Crippen LogP contribution in [0.1, 0.15) is 34.2 Å². The summed E-state index contributed by atoms with van der Waals surface area (Å²) in [5, 5.41) is 6.79. The molecule has 0 aliphatic rings. The Labute approximate surface area is 132 Å². The van der Waals surface area contributed by atoms with Crippen LogP contribution in [0.2, 0.25) is 0 Å². The van der Waals surface area contributed by atoms with Gasteiger partial charge >= 0.3 is 6.18 Å². The fourth-order valence-corrected chi connectivity index (χ4v) is 2.48. The van der Waals surface area contributed by atoms with E-state index in [1.807, 2.05) is 0 Å². The van der Waals surface area contributed by atoms with E-state index in [0.717, 1.165) is 6.07 Å². The number of rotatable bonds is 4. The Hall–Kier alpha value is -2.31. The molecule has 2 aromatic rings. The van der Waals surface area contributed by atoms with Crippen LogP contribution < -0.4 is 5.32 Å². The van der Waals surface area contributed by atoms with Gasteiger partial charge in [0.15, 0.2) is 0 Å². The second-order valence-electron chi connectivity index (χ2n) is 5.53. The largest absolute Gasteiger partial charge is 0.416 e. The third-order valence-corrected chi connectivity index (χ3v) is 3.46. The number of nitrogens with zero attached hydrogens (tertiary/aromatic N) is 2. The maximum Gasteiger partial charge on any atom is 0.416 e. The average Bonchev–Trinajstić information content (AvgIpc) is 2.77. The first-order chi connectivity index (χ1) is 10.7. The summed E-state index contributed by atoms with van der Waals surface area (Å²) in [4.78, 5) is 12.2. The molecule has 0 bridgehead atoms. The number of halogens is 3. The zero-order chi connectivity index (χ0) is 17.2. The van der Waals surface area contributed by atoms with Gasteiger partial charge in [-0.1, -0.05) is 18.2 Å². The monoisotopic (exact) mass is 325 g/mol. The second kappa shape index (κ2) is 6.44. The summed E-state index contributed by atoms with van der Waals surface area (Å²) in [6.07, 6.45) is -4.31. The van der Waals surface area contributed by atoms with Gasteiger partial charge in [-0.25, -0.2) is 0 Å². The first kappa shape index (κ1) is 17.1. The van der Waals surface area contributed by atoms with Crippen molar-refractivity contribution in [3.05, 3.63) is 52.8 Å². The van der Waals surface area contributed by atoms with E-state index in [-0.39, 0.29) is 17.9 Å². The van der Waals surface area contributed by atoms with Gasteiger partial charge in [-0.2, -0.15) is 18.3 Å². The van der Waals surface area contributed by atoms with Gasteiger partial charge in [0.05, 0.1) is 11.3 Å². The first-order valence-electron chi connectivity index (χ1n) is 7.15. The summed E-state index contributed by atoms with van der Waals surface area (Å²) in [6.45, 7) is 3.44. The molecule has 1 atom stereocenters. The van der Waals surface area contributed by atoms with Crippen LogP contribution in [0.5, 0.6) is 0 Å². The molecule has 1 N–H and O–H groups in total. The van der Waals surface area contributed by atoms with Gasteiger partial charge in [0, 0.05) is 13.1 Å². The molecule has 2 rings (SSSR count). The Kier molecular flexibility index (Phi) is 4.77. The number of alkyl halides is 3. The molecule has 1 amide bonds. The third kappa shape index (κ3) is 4.12. The SMILES string of the molecule is Cc1cc(C(=O)N[C@@H](C)Cc2ccccc2C(F)(F)F)n(C)n1. The van der Waals surface area contributed by atoms with Gasteiger partial charge in [0.2, 0.25) is 0 Å². The number of carbonyl (C=O) groups excluding carboxylic acids is 1. The Bertz CT molecular complexity index is 707. The van der Waals surface area contributed by atoms with Crippen molar-refractivity contribution in [2.45, 2.75) is 32.5 Å². The van der Waals surface area contributed by atoms with Crippen molar-refractivity contribution in [2.24, 2.45) is 7.05 Å². The van der Waals surface area contributed by atoms with E-state index < -0.39 is 17.8 Å². The minimum atomic E-state index is -4.40. The predicted molar refractivity (Wildman–Crippen MR) is 80.0 cm³/mol. The minimum Gasteiger partial charge on any atom is -0.348 e. The summed E-state index contributed by atoms with van der Waals surface area (Å²) < 4.78 is 40.4. The van der Waals surface area contributed by atoms with Gasteiger partial charge in [-0.3, -0.25) is 9.48 Å². The highest BCUT2D eigenvalue weighted by atomic mass is 19.4. The van der Waals surface area contributed by atoms with E-state index in [9.17, 15) is 18.0 Å². The molecular formula is C16H18F3N3O. The maximum absolute atomic E-state index is 13.0. The molecule has 0 saturated carbocycles. The zero-order valence-corrected chi connectivity index (χ0v) is 13.1. The van der Waals surface area contributed by atoms with E-state index in [1.165, 1.54) is 16.8 Å². The van der Waals surface area contributed by atoms with E-state index in [4.69, 9.17) is 0 Å². The summed E-state index contributed by atoms with van der Waals surface area (Å²) >= 11 is 0. The van der Waals surface area contributed by atoms with Crippen molar-refractivity contribution in [2.75, 3.05) is 0 Å². The van der Waals surface area contributed by atoms with Crippen LogP contribution in [-0.2, 0) is 19.6 Å². The van der Waals surface area contributed by atoms with Gasteiger partial charge in [0.1, 0.15) is 5.69 Å². The second-order valence-corrected chi connectivity index (χ2v) is 5.53. The highest BCUT2D eigenvalue weighted by molar-refractivity contribution is 5.92. The van der Waals surface area contributed by atoms with Crippen LogP contribution in [0.4, 0.5) is 13.2 Å². The van der Waals surface area contributed by atoms with Crippen molar-refractivity contribution in [3.8, 4) is 0 Å². The summed E-state index contributed by atoms with van der Waals surface area (Å²) in [5.41, 5.74) is 0.567. The van der Waals surface area contributed by atoms with Crippen molar-refractivity contribution in [1.29, 1.82) is 0 Å². The molecule has 1 heterocycles. The minimum absolute atomic E-state index is 0.0955. The molecular weight excluding hydrogens is 307 g/mol. The van der Waals surface area contributed by atoms with Gasteiger partial charge in [-0.15, -0.1) is 0 Å². The Morgan fingerprint density at radius 3 is 2.57 bits per heavy atom. The molecule has 0 spiro atoms. The Balaban J connectivity index is 2.10. The summed E-state index contributed by atoms with van der Waals surface area (Å²) in [6, 6.07) is 6.58. The van der Waals surface area contributed by atoms with Crippen LogP contribution in [0.15, 0.2) is 30.3 Å². The lowest BCUT2D eigenvalue weighted by molar-refractivity contribution is -0.138. The number of benzene rings is 1. The average molecular weight is 325 g/mol. The molecule has 124 valence electrons. The van der Waals surface area contributed by atoms with Crippen LogP contribution >= 0.6 is 0 Å². The maximum atomic E-state index is 13.0. The molecule has 7 heteroatoms. The summed E-state index contributed by atoms with van der Waals surface area (Å²) in [7, 11) is 1.64. The number of amides is 1. The Morgan fingerprint density at radius 1 is 1.35 bits per heavy atom. The molecule has 1 aromatic carbocycles. The molecule has 1 aromatic heterocycles. The van der Waals surface area contributed by atoms with Gasteiger partial charge < -0.3 is 5.32 Å². The number of carbonyl (C=O) groups is 1. The topological polar surface area (TPSA) is 46.9 Å². The lowest BCUT2D eigenvalue weighted by Crippen LogP contribution is -2.35. The van der Waals surface area contributed by atoms with Crippen molar-refractivity contribution >= 4 is 5.91 Å². The predicted octanol–water partition coefficient (Wildman–Crippen LogP) is 3.11. The standard InChI is InChI=1S/C16H18F3N3O/c1-10(20-15(23)14-9-11(2)21-22(14)3)8-12-6-4-5-7-13(12)16(17,18)19/h4-7,9-10H,8H2,1-3H3,(H,20,23)/t10-/m0/s1. The summed E-state index contributed by atoms with van der Waals surface area (Å²) in [5.74, 6) is -0.356.